The van der Waals surface area contributed by atoms with E-state index in [-0.39, 0.29) is 11.9 Å². The number of nitrogens with zero attached hydrogens (tertiary/aromatic N) is 1. The van der Waals surface area contributed by atoms with E-state index < -0.39 is 0 Å². The lowest BCUT2D eigenvalue weighted by Gasteiger charge is -2.32. The Kier molecular flexibility index (Phi) is 5.60. The van der Waals surface area contributed by atoms with Gasteiger partial charge in [-0.2, -0.15) is 0 Å². The van der Waals surface area contributed by atoms with Gasteiger partial charge >= 0.3 is 5.97 Å². The Hall–Kier alpha value is -1.35. The van der Waals surface area contributed by atoms with Crippen molar-refractivity contribution in [1.82, 2.24) is 4.90 Å². The van der Waals surface area contributed by atoms with E-state index >= 15 is 0 Å². The molecule has 1 unspecified atom stereocenters. The molecule has 1 saturated heterocycles. The molecule has 0 amide bonds. The predicted molar refractivity (Wildman–Crippen MR) is 80.2 cm³/mol. The third kappa shape index (κ3) is 4.34. The van der Waals surface area contributed by atoms with E-state index in [1.807, 2.05) is 6.92 Å². The summed E-state index contributed by atoms with van der Waals surface area (Å²) in [6.07, 6.45) is 3.34. The second-order valence-corrected chi connectivity index (χ2v) is 5.87. The minimum Gasteiger partial charge on any atom is -0.469 e. The fraction of sp³-hybridized carbons (Fsp3) is 0.588. The highest BCUT2D eigenvalue weighted by Crippen LogP contribution is 2.25. The monoisotopic (exact) mass is 275 g/mol. The molecular weight excluding hydrogens is 250 g/mol. The van der Waals surface area contributed by atoms with Gasteiger partial charge < -0.3 is 4.74 Å². The van der Waals surface area contributed by atoms with Crippen LogP contribution in [0.1, 0.15) is 31.7 Å². The lowest BCUT2D eigenvalue weighted by atomic mass is 9.88. The summed E-state index contributed by atoms with van der Waals surface area (Å²) in [5.74, 6) is 0.624. The van der Waals surface area contributed by atoms with E-state index in [0.29, 0.717) is 5.92 Å². The van der Waals surface area contributed by atoms with Gasteiger partial charge in [0.05, 0.1) is 13.0 Å². The zero-order valence-corrected chi connectivity index (χ0v) is 12.5. The maximum Gasteiger partial charge on any atom is 0.308 e. The van der Waals surface area contributed by atoms with E-state index in [0.717, 1.165) is 26.1 Å². The number of hydrogen-bond acceptors (Lipinski definition) is 3. The number of benzene rings is 1. The third-order valence-electron chi connectivity index (χ3n) is 4.25. The van der Waals surface area contributed by atoms with Gasteiger partial charge in [0.1, 0.15) is 0 Å². The Morgan fingerprint density at radius 3 is 2.55 bits per heavy atom. The normalized spacial score (nSPS) is 18.7. The molecular formula is C17H25NO2. The Labute approximate surface area is 121 Å². The number of rotatable bonds is 5. The van der Waals surface area contributed by atoms with Gasteiger partial charge in [0.2, 0.25) is 0 Å². The molecule has 3 heteroatoms. The molecule has 0 N–H and O–H groups in total. The van der Waals surface area contributed by atoms with Crippen LogP contribution in [0.15, 0.2) is 30.3 Å². The van der Waals surface area contributed by atoms with Gasteiger partial charge in [-0.25, -0.2) is 0 Å². The topological polar surface area (TPSA) is 29.5 Å². The van der Waals surface area contributed by atoms with E-state index in [4.69, 9.17) is 4.74 Å². The fourth-order valence-electron chi connectivity index (χ4n) is 3.02. The summed E-state index contributed by atoms with van der Waals surface area (Å²) in [5, 5.41) is 0. The van der Waals surface area contributed by atoms with Gasteiger partial charge in [0, 0.05) is 6.54 Å². The quantitative estimate of drug-likeness (QED) is 0.773. The standard InChI is InChI=1S/C17H25NO2/c1-14(17(19)20-2)12-15-8-10-18(11-9-15)13-16-6-4-3-5-7-16/h3-7,14-15H,8-13H2,1-2H3. The molecule has 1 atom stereocenters. The van der Waals surface area contributed by atoms with Crippen molar-refractivity contribution in [2.75, 3.05) is 20.2 Å². The first-order chi connectivity index (χ1) is 9.69. The molecule has 1 aliphatic heterocycles. The molecule has 1 aliphatic rings. The van der Waals surface area contributed by atoms with Gasteiger partial charge in [-0.1, -0.05) is 37.3 Å². The number of likely N-dealkylation sites (tertiary alicyclic amines) is 1. The molecule has 0 saturated carbocycles. The Morgan fingerprint density at radius 1 is 1.30 bits per heavy atom. The number of esters is 1. The van der Waals surface area contributed by atoms with Gasteiger partial charge in [0.25, 0.3) is 0 Å². The SMILES string of the molecule is COC(=O)C(C)CC1CCN(Cc2ccccc2)CC1. The van der Waals surface area contributed by atoms with Crippen LogP contribution in [0.5, 0.6) is 0 Å². The van der Waals surface area contributed by atoms with Gasteiger partial charge in [-0.05, 0) is 43.8 Å². The van der Waals surface area contributed by atoms with Crippen molar-refractivity contribution >= 4 is 5.97 Å². The van der Waals surface area contributed by atoms with Crippen LogP contribution >= 0.6 is 0 Å². The molecule has 20 heavy (non-hydrogen) atoms. The van der Waals surface area contributed by atoms with Gasteiger partial charge in [-0.3, -0.25) is 9.69 Å². The van der Waals surface area contributed by atoms with Crippen molar-refractivity contribution in [3.05, 3.63) is 35.9 Å². The summed E-state index contributed by atoms with van der Waals surface area (Å²) in [5.41, 5.74) is 1.38. The molecule has 1 fully saturated rings. The van der Waals surface area contributed by atoms with Gasteiger partial charge in [0.15, 0.2) is 0 Å². The van der Waals surface area contributed by atoms with Gasteiger partial charge in [-0.15, -0.1) is 0 Å². The zero-order valence-electron chi connectivity index (χ0n) is 12.5. The van der Waals surface area contributed by atoms with E-state index in [1.54, 1.807) is 0 Å². The predicted octanol–water partition coefficient (Wildman–Crippen LogP) is 3.10. The molecule has 0 aromatic heterocycles. The second kappa shape index (κ2) is 7.44. The molecule has 3 nitrogen and oxygen atoms in total. The maximum absolute atomic E-state index is 11.5. The summed E-state index contributed by atoms with van der Waals surface area (Å²) >= 11 is 0. The average Bonchev–Trinajstić information content (AvgIpc) is 2.49. The van der Waals surface area contributed by atoms with Crippen LogP contribution in [-0.2, 0) is 16.1 Å². The number of methoxy groups -OCH3 is 1. The molecule has 0 radical (unpaired) electrons. The summed E-state index contributed by atoms with van der Waals surface area (Å²) in [6, 6.07) is 10.6. The summed E-state index contributed by atoms with van der Waals surface area (Å²) in [7, 11) is 1.47. The van der Waals surface area contributed by atoms with E-state index in [9.17, 15) is 4.79 Å². The molecule has 110 valence electrons. The van der Waals surface area contributed by atoms with Crippen molar-refractivity contribution in [3.8, 4) is 0 Å². The first kappa shape index (κ1) is 15.0. The van der Waals surface area contributed by atoms with Crippen molar-refractivity contribution in [1.29, 1.82) is 0 Å². The second-order valence-electron chi connectivity index (χ2n) is 5.87. The first-order valence-electron chi connectivity index (χ1n) is 7.53. The Balaban J connectivity index is 1.74. The molecule has 1 heterocycles. The Bertz CT molecular complexity index is 410. The molecule has 0 spiro atoms. The van der Waals surface area contributed by atoms with Crippen LogP contribution in [0.3, 0.4) is 0 Å². The summed E-state index contributed by atoms with van der Waals surface area (Å²) < 4.78 is 4.80. The van der Waals surface area contributed by atoms with E-state index in [1.165, 1.54) is 25.5 Å². The zero-order chi connectivity index (χ0) is 14.4. The van der Waals surface area contributed by atoms with Crippen LogP contribution in [0.25, 0.3) is 0 Å². The average molecular weight is 275 g/mol. The highest BCUT2D eigenvalue weighted by Gasteiger charge is 2.23. The van der Waals surface area contributed by atoms with Crippen LogP contribution < -0.4 is 0 Å². The van der Waals surface area contributed by atoms with Crippen LogP contribution in [0.2, 0.25) is 0 Å². The maximum atomic E-state index is 11.5. The molecule has 1 aromatic rings. The lowest BCUT2D eigenvalue weighted by molar-refractivity contribution is -0.145. The van der Waals surface area contributed by atoms with E-state index in [2.05, 4.69) is 35.2 Å². The summed E-state index contributed by atoms with van der Waals surface area (Å²) in [6.45, 7) is 5.28. The largest absolute Gasteiger partial charge is 0.469 e. The van der Waals surface area contributed by atoms with Crippen LogP contribution in [0, 0.1) is 11.8 Å². The number of piperidine rings is 1. The lowest BCUT2D eigenvalue weighted by Crippen LogP contribution is -2.34. The van der Waals surface area contributed by atoms with Crippen LogP contribution in [-0.4, -0.2) is 31.1 Å². The first-order valence-corrected chi connectivity index (χ1v) is 7.53. The highest BCUT2D eigenvalue weighted by atomic mass is 16.5. The van der Waals surface area contributed by atoms with Crippen molar-refractivity contribution in [3.63, 3.8) is 0 Å². The molecule has 0 bridgehead atoms. The number of ether oxygens (including phenoxy) is 1. The third-order valence-corrected chi connectivity index (χ3v) is 4.25. The summed E-state index contributed by atoms with van der Waals surface area (Å²) in [4.78, 5) is 14.0. The van der Waals surface area contributed by atoms with Crippen molar-refractivity contribution in [2.45, 2.75) is 32.7 Å². The Morgan fingerprint density at radius 2 is 1.95 bits per heavy atom. The highest BCUT2D eigenvalue weighted by molar-refractivity contribution is 5.71. The fourth-order valence-corrected chi connectivity index (χ4v) is 3.02. The molecule has 0 aliphatic carbocycles. The smallest absolute Gasteiger partial charge is 0.308 e. The minimum atomic E-state index is -0.0725. The number of hydrogen-bond donors (Lipinski definition) is 0. The minimum absolute atomic E-state index is 0.0330. The van der Waals surface area contributed by atoms with Crippen LogP contribution in [0.4, 0.5) is 0 Å². The number of carbonyl (C=O) groups is 1. The number of carbonyl (C=O) groups excluding carboxylic acids is 1. The van der Waals surface area contributed by atoms with Crippen molar-refractivity contribution < 1.29 is 9.53 Å². The molecule has 1 aromatic carbocycles. The molecule has 2 rings (SSSR count). The van der Waals surface area contributed by atoms with Crippen molar-refractivity contribution in [2.24, 2.45) is 11.8 Å².